The molecule has 0 unspecified atom stereocenters. The van der Waals surface area contributed by atoms with E-state index in [9.17, 15) is 0 Å². The van der Waals surface area contributed by atoms with E-state index in [1.54, 1.807) is 7.11 Å². The maximum atomic E-state index is 5.41. The molecule has 0 aliphatic carbocycles. The summed E-state index contributed by atoms with van der Waals surface area (Å²) in [6.07, 6.45) is 3.98. The number of ether oxygens (including phenoxy) is 1. The normalized spacial score (nSPS) is 17.6. The number of benzene rings is 1. The summed E-state index contributed by atoms with van der Waals surface area (Å²) in [4.78, 5) is 2.56. The van der Waals surface area contributed by atoms with Crippen molar-refractivity contribution in [2.24, 2.45) is 0 Å². The van der Waals surface area contributed by atoms with Gasteiger partial charge in [-0.05, 0) is 58.4 Å². The van der Waals surface area contributed by atoms with Crippen molar-refractivity contribution in [1.82, 2.24) is 10.2 Å². The van der Waals surface area contributed by atoms with Gasteiger partial charge < -0.3 is 15.0 Å². The third-order valence-corrected chi connectivity index (χ3v) is 3.91. The number of hydrogen-bond acceptors (Lipinski definition) is 3. The summed E-state index contributed by atoms with van der Waals surface area (Å²) in [6.45, 7) is 7.08. The maximum absolute atomic E-state index is 5.41. The van der Waals surface area contributed by atoms with Gasteiger partial charge in [0.15, 0.2) is 0 Å². The summed E-state index contributed by atoms with van der Waals surface area (Å²) < 4.78 is 5.41. The van der Waals surface area contributed by atoms with Crippen molar-refractivity contribution in [3.8, 4) is 5.75 Å². The molecule has 1 aliphatic heterocycles. The maximum Gasteiger partial charge on any atom is 0.123 e. The molecule has 0 saturated carbocycles. The molecule has 1 atom stereocenters. The Morgan fingerprint density at radius 2 is 2.00 bits per heavy atom. The molecule has 1 saturated heterocycles. The monoisotopic (exact) mass is 262 g/mol. The number of methoxy groups -OCH3 is 1. The molecular weight excluding hydrogens is 236 g/mol. The number of likely N-dealkylation sites (tertiary alicyclic amines) is 1. The number of nitrogens with one attached hydrogen (secondary N) is 1. The lowest BCUT2D eigenvalue weighted by molar-refractivity contribution is 0.328. The van der Waals surface area contributed by atoms with Crippen LogP contribution in [0, 0.1) is 0 Å². The van der Waals surface area contributed by atoms with E-state index in [0.717, 1.165) is 12.3 Å². The first kappa shape index (κ1) is 14.4. The van der Waals surface area contributed by atoms with Gasteiger partial charge in [0.2, 0.25) is 0 Å². The lowest BCUT2D eigenvalue weighted by atomic mass is 10.1. The third-order valence-electron chi connectivity index (χ3n) is 3.91. The van der Waals surface area contributed by atoms with Crippen LogP contribution in [0.1, 0.15) is 37.8 Å². The predicted molar refractivity (Wildman–Crippen MR) is 79.7 cm³/mol. The zero-order chi connectivity index (χ0) is 13.5. The fraction of sp³-hybridized carbons (Fsp3) is 0.625. The van der Waals surface area contributed by atoms with Crippen molar-refractivity contribution < 1.29 is 4.74 Å². The van der Waals surface area contributed by atoms with Crippen LogP contribution in [0.4, 0.5) is 0 Å². The molecule has 2 rings (SSSR count). The molecule has 0 spiro atoms. The highest BCUT2D eigenvalue weighted by Gasteiger charge is 2.12. The van der Waals surface area contributed by atoms with Gasteiger partial charge in [0.25, 0.3) is 0 Å². The van der Waals surface area contributed by atoms with Crippen LogP contribution in [0.3, 0.4) is 0 Å². The van der Waals surface area contributed by atoms with Crippen LogP contribution >= 0.6 is 0 Å². The van der Waals surface area contributed by atoms with Crippen LogP contribution in [0.2, 0.25) is 0 Å². The molecule has 3 nitrogen and oxygen atoms in total. The molecule has 0 bridgehead atoms. The minimum absolute atomic E-state index is 0.342. The highest BCUT2D eigenvalue weighted by Crippen LogP contribution is 2.24. The Labute approximate surface area is 116 Å². The zero-order valence-electron chi connectivity index (χ0n) is 12.2. The van der Waals surface area contributed by atoms with Gasteiger partial charge in [0.1, 0.15) is 5.75 Å². The second-order valence-electron chi connectivity index (χ2n) is 5.32. The van der Waals surface area contributed by atoms with Crippen molar-refractivity contribution in [3.05, 3.63) is 29.8 Å². The lowest BCUT2D eigenvalue weighted by Gasteiger charge is -2.19. The van der Waals surface area contributed by atoms with Crippen molar-refractivity contribution >= 4 is 0 Å². The quantitative estimate of drug-likeness (QED) is 0.765. The second kappa shape index (κ2) is 7.51. The van der Waals surface area contributed by atoms with Gasteiger partial charge in [-0.15, -0.1) is 0 Å². The Morgan fingerprint density at radius 3 is 2.74 bits per heavy atom. The van der Waals surface area contributed by atoms with E-state index in [2.05, 4.69) is 29.3 Å². The van der Waals surface area contributed by atoms with Gasteiger partial charge in [0, 0.05) is 11.6 Å². The van der Waals surface area contributed by atoms with Crippen LogP contribution in [0.25, 0.3) is 0 Å². The molecule has 1 fully saturated rings. The minimum Gasteiger partial charge on any atom is -0.496 e. The van der Waals surface area contributed by atoms with E-state index in [1.165, 1.54) is 44.5 Å². The van der Waals surface area contributed by atoms with E-state index >= 15 is 0 Å². The van der Waals surface area contributed by atoms with E-state index in [0.29, 0.717) is 6.04 Å². The Hall–Kier alpha value is -1.06. The zero-order valence-corrected chi connectivity index (χ0v) is 12.2. The number of hydrogen-bond donors (Lipinski definition) is 1. The smallest absolute Gasteiger partial charge is 0.123 e. The molecule has 1 aromatic rings. The Bertz CT molecular complexity index is 375. The molecule has 3 heteroatoms. The van der Waals surface area contributed by atoms with E-state index in [4.69, 9.17) is 4.74 Å². The molecule has 1 aliphatic rings. The first-order chi connectivity index (χ1) is 9.31. The average molecular weight is 262 g/mol. The van der Waals surface area contributed by atoms with Crippen LogP contribution in [-0.2, 0) is 0 Å². The fourth-order valence-corrected chi connectivity index (χ4v) is 2.76. The van der Waals surface area contributed by atoms with Crippen LogP contribution in [0.15, 0.2) is 24.3 Å². The summed E-state index contributed by atoms with van der Waals surface area (Å²) >= 11 is 0. The van der Waals surface area contributed by atoms with Crippen molar-refractivity contribution in [3.63, 3.8) is 0 Å². The Kier molecular flexibility index (Phi) is 5.67. The summed E-state index contributed by atoms with van der Waals surface area (Å²) in [5.74, 6) is 0.974. The van der Waals surface area contributed by atoms with Crippen LogP contribution in [0.5, 0.6) is 5.75 Å². The molecule has 0 amide bonds. The van der Waals surface area contributed by atoms with E-state index in [1.807, 2.05) is 12.1 Å². The summed E-state index contributed by atoms with van der Waals surface area (Å²) in [5.41, 5.74) is 1.24. The molecule has 0 radical (unpaired) electrons. The topological polar surface area (TPSA) is 24.5 Å². The minimum atomic E-state index is 0.342. The highest BCUT2D eigenvalue weighted by molar-refractivity contribution is 5.35. The van der Waals surface area contributed by atoms with Crippen molar-refractivity contribution in [1.29, 1.82) is 0 Å². The first-order valence-corrected chi connectivity index (χ1v) is 7.40. The first-order valence-electron chi connectivity index (χ1n) is 7.40. The lowest BCUT2D eigenvalue weighted by Crippen LogP contribution is -2.26. The SMILES string of the molecule is COc1ccccc1[C@@H](C)NCCCN1CCCC1. The number of nitrogens with zero attached hydrogens (tertiary/aromatic N) is 1. The Balaban J connectivity index is 1.72. The summed E-state index contributed by atoms with van der Waals surface area (Å²) in [5, 5.41) is 3.59. The molecule has 1 heterocycles. The molecule has 1 N–H and O–H groups in total. The van der Waals surface area contributed by atoms with Gasteiger partial charge >= 0.3 is 0 Å². The largest absolute Gasteiger partial charge is 0.496 e. The third kappa shape index (κ3) is 4.22. The Morgan fingerprint density at radius 1 is 1.26 bits per heavy atom. The van der Waals surface area contributed by atoms with Gasteiger partial charge in [-0.1, -0.05) is 18.2 Å². The molecular formula is C16H26N2O. The van der Waals surface area contributed by atoms with Gasteiger partial charge in [-0.25, -0.2) is 0 Å². The average Bonchev–Trinajstić information content (AvgIpc) is 2.96. The summed E-state index contributed by atoms with van der Waals surface area (Å²) in [6, 6.07) is 8.59. The molecule has 1 aromatic carbocycles. The predicted octanol–water partition coefficient (Wildman–Crippen LogP) is 2.83. The van der Waals surface area contributed by atoms with Crippen LogP contribution < -0.4 is 10.1 Å². The van der Waals surface area contributed by atoms with E-state index in [-0.39, 0.29) is 0 Å². The van der Waals surface area contributed by atoms with Gasteiger partial charge in [-0.3, -0.25) is 0 Å². The van der Waals surface area contributed by atoms with Gasteiger partial charge in [-0.2, -0.15) is 0 Å². The molecule has 0 aromatic heterocycles. The van der Waals surface area contributed by atoms with Crippen LogP contribution in [-0.4, -0.2) is 38.2 Å². The van der Waals surface area contributed by atoms with E-state index < -0.39 is 0 Å². The van der Waals surface area contributed by atoms with Crippen molar-refractivity contribution in [2.75, 3.05) is 33.3 Å². The molecule has 106 valence electrons. The number of para-hydroxylation sites is 1. The summed E-state index contributed by atoms with van der Waals surface area (Å²) in [7, 11) is 1.74. The fourth-order valence-electron chi connectivity index (χ4n) is 2.76. The molecule has 19 heavy (non-hydrogen) atoms. The highest BCUT2D eigenvalue weighted by atomic mass is 16.5. The second-order valence-corrected chi connectivity index (χ2v) is 5.32. The standard InChI is InChI=1S/C16H26N2O/c1-14(15-8-3-4-9-16(15)19-2)17-10-7-13-18-11-5-6-12-18/h3-4,8-9,14,17H,5-7,10-13H2,1-2H3/t14-/m1/s1. The van der Waals surface area contributed by atoms with Crippen molar-refractivity contribution in [2.45, 2.75) is 32.2 Å². The number of rotatable bonds is 7. The van der Waals surface area contributed by atoms with Gasteiger partial charge in [0.05, 0.1) is 7.11 Å².